The van der Waals surface area contributed by atoms with Crippen LogP contribution in [0.1, 0.15) is 29.8 Å². The number of aromatic nitrogens is 2. The van der Waals surface area contributed by atoms with E-state index >= 15 is 0 Å². The van der Waals surface area contributed by atoms with Gasteiger partial charge in [0.25, 0.3) is 0 Å². The van der Waals surface area contributed by atoms with Crippen molar-refractivity contribution < 1.29 is 22.7 Å². The summed E-state index contributed by atoms with van der Waals surface area (Å²) >= 11 is 0.929. The smallest absolute Gasteiger partial charge is 0.337 e. The standard InChI is InChI=1S/C21H24N4O5S2/c1-13(2)18(24-32(28,29)17-7-5-6-16-19(17)23-31-22-16)20(26)25(3)12-14-8-10-15(11-9-14)21(27)30-4/h5-11,13,18,24H,12H2,1-4H3/t18-/m1/s1. The van der Waals surface area contributed by atoms with Crippen LogP contribution in [0.2, 0.25) is 0 Å². The van der Waals surface area contributed by atoms with Gasteiger partial charge >= 0.3 is 5.97 Å². The number of carbonyl (C=O) groups is 2. The molecule has 1 heterocycles. The molecule has 9 nitrogen and oxygen atoms in total. The van der Waals surface area contributed by atoms with E-state index in [1.165, 1.54) is 18.1 Å². The maximum atomic E-state index is 13.1. The molecule has 170 valence electrons. The van der Waals surface area contributed by atoms with Crippen LogP contribution in [-0.2, 0) is 26.1 Å². The predicted octanol–water partition coefficient (Wildman–Crippen LogP) is 2.44. The van der Waals surface area contributed by atoms with Crippen LogP contribution in [0, 0.1) is 5.92 Å². The Bertz CT molecular complexity index is 1220. The minimum Gasteiger partial charge on any atom is -0.465 e. The summed E-state index contributed by atoms with van der Waals surface area (Å²) in [6, 6.07) is 10.4. The van der Waals surface area contributed by atoms with E-state index in [0.29, 0.717) is 11.1 Å². The number of benzene rings is 2. The monoisotopic (exact) mass is 476 g/mol. The number of hydrogen-bond acceptors (Lipinski definition) is 8. The van der Waals surface area contributed by atoms with E-state index in [-0.39, 0.29) is 28.8 Å². The Labute approximate surface area is 190 Å². The molecule has 0 saturated carbocycles. The van der Waals surface area contributed by atoms with Crippen LogP contribution < -0.4 is 4.72 Å². The summed E-state index contributed by atoms with van der Waals surface area (Å²) in [6.45, 7) is 3.79. The minimum atomic E-state index is -4.02. The molecular weight excluding hydrogens is 452 g/mol. The van der Waals surface area contributed by atoms with E-state index < -0.39 is 22.0 Å². The summed E-state index contributed by atoms with van der Waals surface area (Å²) in [5, 5.41) is 0. The van der Waals surface area contributed by atoms with E-state index in [1.54, 1.807) is 57.3 Å². The zero-order valence-electron chi connectivity index (χ0n) is 18.1. The highest BCUT2D eigenvalue weighted by molar-refractivity contribution is 7.89. The van der Waals surface area contributed by atoms with E-state index in [2.05, 4.69) is 18.2 Å². The Hall–Kier alpha value is -2.89. The lowest BCUT2D eigenvalue weighted by Gasteiger charge is -2.27. The summed E-state index contributed by atoms with van der Waals surface area (Å²) in [6.07, 6.45) is 0. The molecule has 0 radical (unpaired) electrons. The number of ether oxygens (including phenoxy) is 1. The summed E-state index contributed by atoms with van der Waals surface area (Å²) in [4.78, 5) is 26.1. The van der Waals surface area contributed by atoms with Gasteiger partial charge in [-0.2, -0.15) is 13.5 Å². The predicted molar refractivity (Wildman–Crippen MR) is 121 cm³/mol. The average molecular weight is 477 g/mol. The number of nitrogens with zero attached hydrogens (tertiary/aromatic N) is 3. The molecule has 0 saturated heterocycles. The Morgan fingerprint density at radius 2 is 1.81 bits per heavy atom. The first-order valence-electron chi connectivity index (χ1n) is 9.80. The SMILES string of the molecule is COC(=O)c1ccc(CN(C)C(=O)[C@H](NS(=O)(=O)c2cccc3nsnc23)C(C)C)cc1. The molecule has 3 aromatic rings. The Kier molecular flexibility index (Phi) is 7.22. The third-order valence-corrected chi connectivity index (χ3v) is 6.94. The van der Waals surface area contributed by atoms with Crippen LogP contribution in [0.4, 0.5) is 0 Å². The fourth-order valence-electron chi connectivity index (χ4n) is 3.15. The van der Waals surface area contributed by atoms with Gasteiger partial charge < -0.3 is 9.64 Å². The summed E-state index contributed by atoms with van der Waals surface area (Å²) < 4.78 is 41.6. The maximum absolute atomic E-state index is 13.1. The number of nitrogens with one attached hydrogen (secondary N) is 1. The topological polar surface area (TPSA) is 119 Å². The zero-order valence-corrected chi connectivity index (χ0v) is 19.7. The van der Waals surface area contributed by atoms with Crippen molar-refractivity contribution in [2.75, 3.05) is 14.2 Å². The first kappa shape index (κ1) is 23.8. The minimum absolute atomic E-state index is 0.0109. The number of rotatable bonds is 8. The summed E-state index contributed by atoms with van der Waals surface area (Å²) in [5.74, 6) is -1.11. The lowest BCUT2D eigenvalue weighted by atomic mass is 10.0. The second-order valence-corrected chi connectivity index (χ2v) is 9.82. The second kappa shape index (κ2) is 9.72. The lowest BCUT2D eigenvalue weighted by molar-refractivity contribution is -0.133. The van der Waals surface area contributed by atoms with Crippen LogP contribution in [-0.4, -0.2) is 54.1 Å². The quantitative estimate of drug-likeness (QED) is 0.496. The van der Waals surface area contributed by atoms with Crippen LogP contribution in [0.15, 0.2) is 47.4 Å². The van der Waals surface area contributed by atoms with Crippen molar-refractivity contribution in [3.63, 3.8) is 0 Å². The molecule has 2 aromatic carbocycles. The molecule has 0 aliphatic carbocycles. The number of sulfonamides is 1. The molecule has 1 N–H and O–H groups in total. The molecule has 1 atom stereocenters. The van der Waals surface area contributed by atoms with Crippen molar-refractivity contribution in [2.45, 2.75) is 31.3 Å². The fourth-order valence-corrected chi connectivity index (χ4v) is 5.26. The largest absolute Gasteiger partial charge is 0.465 e. The van der Waals surface area contributed by atoms with Crippen LogP contribution in [0.25, 0.3) is 11.0 Å². The number of amides is 1. The van der Waals surface area contributed by atoms with Crippen molar-refractivity contribution in [2.24, 2.45) is 5.92 Å². The van der Waals surface area contributed by atoms with Gasteiger partial charge in [0.05, 0.1) is 24.4 Å². The molecule has 11 heteroatoms. The van der Waals surface area contributed by atoms with Crippen molar-refractivity contribution in [1.82, 2.24) is 18.4 Å². The summed E-state index contributed by atoms with van der Waals surface area (Å²) in [5.41, 5.74) is 1.96. The first-order chi connectivity index (χ1) is 15.1. The van der Waals surface area contributed by atoms with Gasteiger partial charge in [-0.1, -0.05) is 32.0 Å². The third-order valence-electron chi connectivity index (χ3n) is 4.92. The number of hydrogen-bond donors (Lipinski definition) is 1. The van der Waals surface area contributed by atoms with E-state index in [4.69, 9.17) is 0 Å². The molecular formula is C21H24N4O5S2. The zero-order chi connectivity index (χ0) is 23.5. The number of fused-ring (bicyclic) bond motifs is 1. The van der Waals surface area contributed by atoms with Gasteiger partial charge in [0.2, 0.25) is 15.9 Å². The highest BCUT2D eigenvalue weighted by Gasteiger charge is 2.31. The van der Waals surface area contributed by atoms with Crippen molar-refractivity contribution >= 4 is 44.7 Å². The Morgan fingerprint density at radius 3 is 2.44 bits per heavy atom. The van der Waals surface area contributed by atoms with Gasteiger partial charge in [0, 0.05) is 13.6 Å². The number of carbonyl (C=O) groups excluding carboxylic acids is 2. The Balaban J connectivity index is 1.78. The molecule has 0 spiro atoms. The van der Waals surface area contributed by atoms with Crippen molar-refractivity contribution in [3.05, 3.63) is 53.6 Å². The van der Waals surface area contributed by atoms with Crippen LogP contribution >= 0.6 is 11.7 Å². The number of likely N-dealkylation sites (N-methyl/N-ethyl adjacent to an activating group) is 1. The average Bonchev–Trinajstić information content (AvgIpc) is 3.25. The van der Waals surface area contributed by atoms with Gasteiger partial charge in [-0.3, -0.25) is 4.79 Å². The van der Waals surface area contributed by atoms with Crippen molar-refractivity contribution in [1.29, 1.82) is 0 Å². The molecule has 1 aromatic heterocycles. The molecule has 0 fully saturated rings. The molecule has 32 heavy (non-hydrogen) atoms. The van der Waals surface area contributed by atoms with Gasteiger partial charge in [-0.25, -0.2) is 13.2 Å². The molecule has 3 rings (SSSR count). The van der Waals surface area contributed by atoms with E-state index in [0.717, 1.165) is 17.3 Å². The van der Waals surface area contributed by atoms with E-state index in [9.17, 15) is 18.0 Å². The highest BCUT2D eigenvalue weighted by atomic mass is 32.2. The van der Waals surface area contributed by atoms with Gasteiger partial charge in [0.15, 0.2) is 0 Å². The van der Waals surface area contributed by atoms with Gasteiger partial charge in [-0.15, -0.1) is 0 Å². The first-order valence-corrected chi connectivity index (χ1v) is 12.0. The highest BCUT2D eigenvalue weighted by Crippen LogP contribution is 2.22. The molecule has 0 unspecified atom stereocenters. The summed E-state index contributed by atoms with van der Waals surface area (Å²) in [7, 11) is -1.11. The molecule has 1 amide bonds. The number of esters is 1. The Morgan fingerprint density at radius 1 is 1.12 bits per heavy atom. The van der Waals surface area contributed by atoms with Crippen LogP contribution in [0.5, 0.6) is 0 Å². The van der Waals surface area contributed by atoms with E-state index in [1.807, 2.05) is 0 Å². The molecule has 0 aliphatic rings. The third kappa shape index (κ3) is 5.12. The van der Waals surface area contributed by atoms with Crippen LogP contribution in [0.3, 0.4) is 0 Å². The van der Waals surface area contributed by atoms with Gasteiger partial charge in [-0.05, 0) is 35.7 Å². The number of methoxy groups -OCH3 is 1. The fraction of sp³-hybridized carbons (Fsp3) is 0.333. The molecule has 0 bridgehead atoms. The normalized spacial score (nSPS) is 12.7. The maximum Gasteiger partial charge on any atom is 0.337 e. The lowest BCUT2D eigenvalue weighted by Crippen LogP contribution is -2.49. The van der Waals surface area contributed by atoms with Gasteiger partial charge in [0.1, 0.15) is 22.0 Å². The molecule has 0 aliphatic heterocycles. The second-order valence-electron chi connectivity index (χ2n) is 7.61. The van der Waals surface area contributed by atoms with Crippen molar-refractivity contribution in [3.8, 4) is 0 Å².